The number of hydrogen-bond acceptors (Lipinski definition) is 5. The van der Waals surface area contributed by atoms with Gasteiger partial charge in [0.05, 0.1) is 17.1 Å². The topological polar surface area (TPSA) is 59.4 Å². The Bertz CT molecular complexity index is 1070. The molecule has 1 saturated heterocycles. The Kier molecular flexibility index (Phi) is 6.12. The normalized spacial score (nSPS) is 15.3. The SMILES string of the molecule is N#Cc1ccc(NC(=O)CN2CCN(Cc3csc4ccccc34)CC2)cc1Cl. The van der Waals surface area contributed by atoms with Crippen molar-refractivity contribution in [1.82, 2.24) is 9.80 Å². The van der Waals surface area contributed by atoms with Gasteiger partial charge in [-0.05, 0) is 40.6 Å². The van der Waals surface area contributed by atoms with Crippen LogP contribution in [0.15, 0.2) is 47.8 Å². The van der Waals surface area contributed by atoms with Crippen LogP contribution in [0.2, 0.25) is 5.02 Å². The van der Waals surface area contributed by atoms with Gasteiger partial charge >= 0.3 is 0 Å². The van der Waals surface area contributed by atoms with Gasteiger partial charge in [-0.1, -0.05) is 29.8 Å². The summed E-state index contributed by atoms with van der Waals surface area (Å²) in [5.41, 5.74) is 2.40. The fraction of sp³-hybridized carbons (Fsp3) is 0.273. The lowest BCUT2D eigenvalue weighted by atomic mass is 10.1. The van der Waals surface area contributed by atoms with Crippen molar-refractivity contribution in [2.45, 2.75) is 6.54 Å². The van der Waals surface area contributed by atoms with E-state index in [4.69, 9.17) is 16.9 Å². The number of carbonyl (C=O) groups is 1. The number of benzene rings is 2. The van der Waals surface area contributed by atoms with Gasteiger partial charge in [-0.15, -0.1) is 11.3 Å². The van der Waals surface area contributed by atoms with Crippen LogP contribution in [0, 0.1) is 11.3 Å². The van der Waals surface area contributed by atoms with Gasteiger partial charge < -0.3 is 5.32 Å². The smallest absolute Gasteiger partial charge is 0.238 e. The summed E-state index contributed by atoms with van der Waals surface area (Å²) in [6.45, 7) is 4.92. The molecule has 29 heavy (non-hydrogen) atoms. The Hall–Kier alpha value is -2.43. The first-order valence-electron chi connectivity index (χ1n) is 9.52. The first kappa shape index (κ1) is 19.9. The number of amides is 1. The lowest BCUT2D eigenvalue weighted by molar-refractivity contribution is -0.117. The van der Waals surface area contributed by atoms with Gasteiger partial charge in [-0.2, -0.15) is 5.26 Å². The Morgan fingerprint density at radius 1 is 1.14 bits per heavy atom. The monoisotopic (exact) mass is 424 g/mol. The summed E-state index contributed by atoms with van der Waals surface area (Å²) in [7, 11) is 0. The maximum absolute atomic E-state index is 12.4. The number of carbonyl (C=O) groups excluding carboxylic acids is 1. The Balaban J connectivity index is 1.27. The fourth-order valence-electron chi connectivity index (χ4n) is 3.59. The zero-order valence-corrected chi connectivity index (χ0v) is 17.5. The second kappa shape index (κ2) is 8.93. The number of hydrogen-bond donors (Lipinski definition) is 1. The molecule has 0 unspecified atom stereocenters. The maximum Gasteiger partial charge on any atom is 0.238 e. The molecule has 0 radical (unpaired) electrons. The van der Waals surface area contributed by atoms with E-state index in [-0.39, 0.29) is 5.91 Å². The van der Waals surface area contributed by atoms with Crippen molar-refractivity contribution >= 4 is 44.6 Å². The number of thiophene rings is 1. The minimum Gasteiger partial charge on any atom is -0.325 e. The molecule has 5 nitrogen and oxygen atoms in total. The second-order valence-electron chi connectivity index (χ2n) is 7.16. The molecule has 7 heteroatoms. The number of anilines is 1. The van der Waals surface area contributed by atoms with Crippen molar-refractivity contribution in [3.8, 4) is 6.07 Å². The molecule has 1 aliphatic heterocycles. The van der Waals surface area contributed by atoms with Crippen LogP contribution in [0.4, 0.5) is 5.69 Å². The predicted molar refractivity (Wildman–Crippen MR) is 118 cm³/mol. The van der Waals surface area contributed by atoms with E-state index in [0.717, 1.165) is 32.7 Å². The van der Waals surface area contributed by atoms with E-state index >= 15 is 0 Å². The number of fused-ring (bicyclic) bond motifs is 1. The Morgan fingerprint density at radius 2 is 1.90 bits per heavy atom. The first-order chi connectivity index (χ1) is 14.1. The number of rotatable bonds is 5. The molecule has 0 aliphatic carbocycles. The van der Waals surface area contributed by atoms with Crippen molar-refractivity contribution in [1.29, 1.82) is 5.26 Å². The molecule has 2 heterocycles. The van der Waals surface area contributed by atoms with Gasteiger partial charge in [0.15, 0.2) is 0 Å². The highest BCUT2D eigenvalue weighted by atomic mass is 35.5. The van der Waals surface area contributed by atoms with Crippen molar-refractivity contribution in [3.05, 3.63) is 64.0 Å². The predicted octanol–water partition coefficient (Wildman–Crippen LogP) is 4.18. The van der Waals surface area contributed by atoms with Crippen LogP contribution in [-0.2, 0) is 11.3 Å². The number of halogens is 1. The van der Waals surface area contributed by atoms with Gasteiger partial charge in [0.2, 0.25) is 5.91 Å². The third kappa shape index (κ3) is 4.77. The molecule has 3 aromatic rings. The number of nitrogens with zero attached hydrogens (tertiary/aromatic N) is 3. The minimum absolute atomic E-state index is 0.0666. The second-order valence-corrected chi connectivity index (χ2v) is 8.48. The molecule has 2 aromatic carbocycles. The molecule has 4 rings (SSSR count). The van der Waals surface area contributed by atoms with Gasteiger partial charge in [0.1, 0.15) is 6.07 Å². The molecule has 0 spiro atoms. The highest BCUT2D eigenvalue weighted by molar-refractivity contribution is 7.17. The molecule has 0 atom stereocenters. The summed E-state index contributed by atoms with van der Waals surface area (Å²) in [6, 6.07) is 15.5. The fourth-order valence-corrected chi connectivity index (χ4v) is 4.77. The largest absolute Gasteiger partial charge is 0.325 e. The highest BCUT2D eigenvalue weighted by Gasteiger charge is 2.20. The Labute approximate surface area is 179 Å². The van der Waals surface area contributed by atoms with E-state index in [1.807, 2.05) is 6.07 Å². The summed E-state index contributed by atoms with van der Waals surface area (Å²) in [5, 5.41) is 15.7. The molecule has 0 saturated carbocycles. The average Bonchev–Trinajstić information content (AvgIpc) is 3.12. The molecular weight excluding hydrogens is 404 g/mol. The summed E-state index contributed by atoms with van der Waals surface area (Å²) >= 11 is 7.82. The third-order valence-electron chi connectivity index (χ3n) is 5.16. The zero-order valence-electron chi connectivity index (χ0n) is 15.9. The summed E-state index contributed by atoms with van der Waals surface area (Å²) < 4.78 is 1.33. The van der Waals surface area contributed by atoms with E-state index in [1.54, 1.807) is 29.5 Å². The van der Waals surface area contributed by atoms with Crippen molar-refractivity contribution < 1.29 is 4.79 Å². The van der Waals surface area contributed by atoms with Crippen LogP contribution in [0.5, 0.6) is 0 Å². The third-order valence-corrected chi connectivity index (χ3v) is 6.49. The van der Waals surface area contributed by atoms with E-state index in [0.29, 0.717) is 22.8 Å². The van der Waals surface area contributed by atoms with Crippen LogP contribution in [0.25, 0.3) is 10.1 Å². The van der Waals surface area contributed by atoms with Crippen LogP contribution in [0.1, 0.15) is 11.1 Å². The number of nitriles is 1. The van der Waals surface area contributed by atoms with Gasteiger partial charge in [-0.3, -0.25) is 14.6 Å². The average molecular weight is 425 g/mol. The van der Waals surface area contributed by atoms with Gasteiger partial charge in [-0.25, -0.2) is 0 Å². The zero-order chi connectivity index (χ0) is 20.2. The van der Waals surface area contributed by atoms with Crippen LogP contribution < -0.4 is 5.32 Å². The van der Waals surface area contributed by atoms with Crippen molar-refractivity contribution in [3.63, 3.8) is 0 Å². The molecule has 1 N–H and O–H groups in total. The lowest BCUT2D eigenvalue weighted by Crippen LogP contribution is -2.48. The van der Waals surface area contributed by atoms with Crippen molar-refractivity contribution in [2.24, 2.45) is 0 Å². The van der Waals surface area contributed by atoms with Crippen LogP contribution >= 0.6 is 22.9 Å². The van der Waals surface area contributed by atoms with E-state index in [2.05, 4.69) is 44.8 Å². The molecule has 1 fully saturated rings. The van der Waals surface area contributed by atoms with E-state index in [1.165, 1.54) is 15.6 Å². The first-order valence-corrected chi connectivity index (χ1v) is 10.8. The van der Waals surface area contributed by atoms with Gasteiger partial charge in [0.25, 0.3) is 0 Å². The van der Waals surface area contributed by atoms with E-state index < -0.39 is 0 Å². The summed E-state index contributed by atoms with van der Waals surface area (Å²) in [4.78, 5) is 17.0. The molecular formula is C22H21ClN4OS. The number of nitrogens with one attached hydrogen (secondary N) is 1. The lowest BCUT2D eigenvalue weighted by Gasteiger charge is -2.34. The summed E-state index contributed by atoms with van der Waals surface area (Å²) in [5.74, 6) is -0.0666. The highest BCUT2D eigenvalue weighted by Crippen LogP contribution is 2.27. The molecule has 1 aromatic heterocycles. The van der Waals surface area contributed by atoms with Crippen molar-refractivity contribution in [2.75, 3.05) is 38.0 Å². The molecule has 1 amide bonds. The number of piperazine rings is 1. The molecule has 0 bridgehead atoms. The van der Waals surface area contributed by atoms with Crippen LogP contribution in [-0.4, -0.2) is 48.4 Å². The maximum atomic E-state index is 12.4. The molecule has 1 aliphatic rings. The minimum atomic E-state index is -0.0666. The quantitative estimate of drug-likeness (QED) is 0.667. The van der Waals surface area contributed by atoms with Gasteiger partial charge in [0, 0.05) is 43.1 Å². The van der Waals surface area contributed by atoms with Crippen LogP contribution in [0.3, 0.4) is 0 Å². The molecule has 148 valence electrons. The standard InChI is InChI=1S/C22H21ClN4OS/c23-20-11-18(6-5-16(20)12-24)25-22(28)14-27-9-7-26(8-10-27)13-17-15-29-21-4-2-1-3-19(17)21/h1-6,11,15H,7-10,13-14H2,(H,25,28). The Morgan fingerprint density at radius 3 is 2.66 bits per heavy atom. The van der Waals surface area contributed by atoms with E-state index in [9.17, 15) is 4.79 Å². The summed E-state index contributed by atoms with van der Waals surface area (Å²) in [6.07, 6.45) is 0.